The molecule has 0 atom stereocenters. The third-order valence-electron chi connectivity index (χ3n) is 4.18. The molecule has 112 valence electrons. The molecule has 1 aliphatic heterocycles. The molecule has 3 rings (SSSR count). The minimum absolute atomic E-state index is 0.581. The largest absolute Gasteiger partial charge is 0.481 e. The Morgan fingerprint density at radius 2 is 2.29 bits per heavy atom. The quantitative estimate of drug-likeness (QED) is 0.940. The van der Waals surface area contributed by atoms with Gasteiger partial charge in [-0.2, -0.15) is 0 Å². The number of aromatic nitrogens is 1. The fourth-order valence-electron chi connectivity index (χ4n) is 2.57. The van der Waals surface area contributed by atoms with Crippen molar-refractivity contribution in [1.29, 1.82) is 0 Å². The van der Waals surface area contributed by atoms with Crippen molar-refractivity contribution >= 4 is 17.3 Å². The number of hydrogen-bond donors (Lipinski definition) is 1. The van der Waals surface area contributed by atoms with Gasteiger partial charge in [0.05, 0.1) is 16.0 Å². The Kier molecular flexibility index (Phi) is 3.82. The highest BCUT2D eigenvalue weighted by molar-refractivity contribution is 7.13. The highest BCUT2D eigenvalue weighted by Gasteiger charge is 2.36. The summed E-state index contributed by atoms with van der Waals surface area (Å²) in [6.07, 6.45) is 1.36. The average molecular weight is 306 g/mol. The fourth-order valence-corrected chi connectivity index (χ4v) is 3.24. The van der Waals surface area contributed by atoms with Crippen LogP contribution in [0.15, 0.2) is 28.1 Å². The van der Waals surface area contributed by atoms with Crippen LogP contribution in [0, 0.1) is 5.41 Å². The second kappa shape index (κ2) is 5.61. The van der Waals surface area contributed by atoms with Crippen LogP contribution in [0.25, 0.3) is 10.6 Å². The van der Waals surface area contributed by atoms with Crippen LogP contribution in [-0.4, -0.2) is 34.2 Å². The van der Waals surface area contributed by atoms with Gasteiger partial charge in [0.1, 0.15) is 0 Å². The molecule has 0 spiro atoms. The van der Waals surface area contributed by atoms with Crippen LogP contribution >= 0.6 is 11.3 Å². The van der Waals surface area contributed by atoms with Gasteiger partial charge >= 0.3 is 5.97 Å². The number of thiophene rings is 1. The molecule has 2 aromatic rings. The number of rotatable bonds is 4. The Balaban J connectivity index is 1.60. The molecule has 3 heterocycles. The minimum atomic E-state index is -0.691. The number of hydrogen-bond acceptors (Lipinski definition) is 5. The van der Waals surface area contributed by atoms with E-state index in [0.29, 0.717) is 19.4 Å². The Morgan fingerprint density at radius 1 is 1.52 bits per heavy atom. The van der Waals surface area contributed by atoms with E-state index in [4.69, 9.17) is 4.52 Å². The Morgan fingerprint density at radius 3 is 2.90 bits per heavy atom. The predicted octanol–water partition coefficient (Wildman–Crippen LogP) is 3.09. The summed E-state index contributed by atoms with van der Waals surface area (Å²) >= 11 is 1.63. The van der Waals surface area contributed by atoms with Gasteiger partial charge in [0.25, 0.3) is 0 Å². The van der Waals surface area contributed by atoms with Crippen molar-refractivity contribution in [2.24, 2.45) is 5.41 Å². The molecule has 1 saturated heterocycles. The third-order valence-corrected chi connectivity index (χ3v) is 5.07. The van der Waals surface area contributed by atoms with Gasteiger partial charge in [0.2, 0.25) is 0 Å². The lowest BCUT2D eigenvalue weighted by atomic mass is 9.80. The van der Waals surface area contributed by atoms with Gasteiger partial charge in [-0.15, -0.1) is 11.3 Å². The number of aliphatic carboxylic acids is 1. The lowest BCUT2D eigenvalue weighted by molar-refractivity contribution is -0.150. The van der Waals surface area contributed by atoms with E-state index >= 15 is 0 Å². The van der Waals surface area contributed by atoms with Crippen LogP contribution < -0.4 is 0 Å². The summed E-state index contributed by atoms with van der Waals surface area (Å²) in [5.41, 5.74) is 0.319. The SMILES string of the molecule is CC1(C(=O)O)CCN(Cc2cc(-c3cccs3)on2)CC1. The highest BCUT2D eigenvalue weighted by atomic mass is 32.1. The summed E-state index contributed by atoms with van der Waals surface area (Å²) in [7, 11) is 0. The van der Waals surface area contributed by atoms with E-state index < -0.39 is 11.4 Å². The van der Waals surface area contributed by atoms with E-state index in [2.05, 4.69) is 10.1 Å². The third kappa shape index (κ3) is 3.01. The molecule has 0 unspecified atom stereocenters. The molecule has 0 aromatic carbocycles. The van der Waals surface area contributed by atoms with Crippen LogP contribution in [0.5, 0.6) is 0 Å². The molecule has 1 N–H and O–H groups in total. The van der Waals surface area contributed by atoms with Gasteiger partial charge in [0.15, 0.2) is 5.76 Å². The molecule has 6 heteroatoms. The zero-order valence-electron chi connectivity index (χ0n) is 11.9. The number of piperidine rings is 1. The van der Waals surface area contributed by atoms with Crippen LogP contribution in [0.1, 0.15) is 25.5 Å². The highest BCUT2D eigenvalue weighted by Crippen LogP contribution is 2.32. The number of carboxylic acids is 1. The molecular formula is C15H18N2O3S. The number of carboxylic acid groups (broad SMARTS) is 1. The van der Waals surface area contributed by atoms with Crippen LogP contribution in [0.3, 0.4) is 0 Å². The zero-order valence-corrected chi connectivity index (χ0v) is 12.7. The Labute approximate surface area is 127 Å². The maximum absolute atomic E-state index is 11.2. The van der Waals surface area contributed by atoms with Crippen molar-refractivity contribution in [3.63, 3.8) is 0 Å². The van der Waals surface area contributed by atoms with Crippen molar-refractivity contribution in [3.8, 4) is 10.6 Å². The smallest absolute Gasteiger partial charge is 0.309 e. The van der Waals surface area contributed by atoms with E-state index in [9.17, 15) is 9.90 Å². The molecular weight excluding hydrogens is 288 g/mol. The Hall–Kier alpha value is -1.66. The number of nitrogens with zero attached hydrogens (tertiary/aromatic N) is 2. The van der Waals surface area contributed by atoms with Gasteiger partial charge in [-0.3, -0.25) is 9.69 Å². The van der Waals surface area contributed by atoms with E-state index in [1.165, 1.54) is 0 Å². The molecule has 0 radical (unpaired) electrons. The summed E-state index contributed by atoms with van der Waals surface area (Å²) < 4.78 is 5.37. The van der Waals surface area contributed by atoms with Gasteiger partial charge < -0.3 is 9.63 Å². The van der Waals surface area contributed by atoms with Crippen LogP contribution in [0.4, 0.5) is 0 Å². The number of likely N-dealkylation sites (tertiary alicyclic amines) is 1. The predicted molar refractivity (Wildman–Crippen MR) is 80.1 cm³/mol. The van der Waals surface area contributed by atoms with Gasteiger partial charge in [-0.1, -0.05) is 11.2 Å². The van der Waals surface area contributed by atoms with Crippen LogP contribution in [-0.2, 0) is 11.3 Å². The molecule has 1 aliphatic rings. The summed E-state index contributed by atoms with van der Waals surface area (Å²) in [5.74, 6) is 0.107. The van der Waals surface area contributed by atoms with E-state index in [1.807, 2.05) is 30.5 Å². The van der Waals surface area contributed by atoms with E-state index in [1.54, 1.807) is 11.3 Å². The monoisotopic (exact) mass is 306 g/mol. The first-order valence-corrected chi connectivity index (χ1v) is 7.90. The molecule has 0 amide bonds. The van der Waals surface area contributed by atoms with Gasteiger partial charge in [0, 0.05) is 12.6 Å². The van der Waals surface area contributed by atoms with Crippen LogP contribution in [0.2, 0.25) is 0 Å². The fraction of sp³-hybridized carbons (Fsp3) is 0.467. The first-order valence-electron chi connectivity index (χ1n) is 7.02. The summed E-state index contributed by atoms with van der Waals surface area (Å²) in [6.45, 7) is 4.11. The molecule has 0 saturated carbocycles. The molecule has 0 aliphatic carbocycles. The molecule has 0 bridgehead atoms. The summed E-state index contributed by atoms with van der Waals surface area (Å²) in [4.78, 5) is 14.5. The zero-order chi connectivity index (χ0) is 14.9. The lowest BCUT2D eigenvalue weighted by Gasteiger charge is -2.35. The van der Waals surface area contributed by atoms with Crippen molar-refractivity contribution in [3.05, 3.63) is 29.3 Å². The first kappa shape index (κ1) is 14.3. The second-order valence-corrected chi connectivity index (χ2v) is 6.75. The van der Waals surface area contributed by atoms with Crippen molar-refractivity contribution < 1.29 is 14.4 Å². The standard InChI is InChI=1S/C15H18N2O3S/c1-15(14(18)19)4-6-17(7-5-15)10-11-9-12(20-16-11)13-3-2-8-21-13/h2-3,8-9H,4-7,10H2,1H3,(H,18,19). The van der Waals surface area contributed by atoms with Gasteiger partial charge in [-0.25, -0.2) is 0 Å². The van der Waals surface area contributed by atoms with Crippen molar-refractivity contribution in [2.75, 3.05) is 13.1 Å². The maximum Gasteiger partial charge on any atom is 0.309 e. The van der Waals surface area contributed by atoms with E-state index in [0.717, 1.165) is 29.4 Å². The summed E-state index contributed by atoms with van der Waals surface area (Å²) in [5, 5.41) is 15.4. The second-order valence-electron chi connectivity index (χ2n) is 5.80. The normalized spacial score (nSPS) is 18.7. The average Bonchev–Trinajstić information content (AvgIpc) is 3.12. The molecule has 2 aromatic heterocycles. The first-order chi connectivity index (χ1) is 10.1. The maximum atomic E-state index is 11.2. The van der Waals surface area contributed by atoms with Gasteiger partial charge in [-0.05, 0) is 44.3 Å². The summed E-state index contributed by atoms with van der Waals surface area (Å²) in [6, 6.07) is 5.96. The minimum Gasteiger partial charge on any atom is -0.481 e. The number of carbonyl (C=O) groups is 1. The lowest BCUT2D eigenvalue weighted by Crippen LogP contribution is -2.42. The Bertz CT molecular complexity index is 613. The molecule has 21 heavy (non-hydrogen) atoms. The van der Waals surface area contributed by atoms with Crippen molar-refractivity contribution in [2.45, 2.75) is 26.3 Å². The molecule has 5 nitrogen and oxygen atoms in total. The van der Waals surface area contributed by atoms with E-state index in [-0.39, 0.29) is 0 Å². The topological polar surface area (TPSA) is 66.6 Å². The molecule has 1 fully saturated rings. The van der Waals surface area contributed by atoms with Crippen molar-refractivity contribution in [1.82, 2.24) is 10.1 Å².